The molecular weight excluding hydrogens is 362 g/mol. The van der Waals surface area contributed by atoms with Crippen molar-refractivity contribution in [3.63, 3.8) is 0 Å². The summed E-state index contributed by atoms with van der Waals surface area (Å²) >= 11 is 0. The van der Waals surface area contributed by atoms with Gasteiger partial charge in [-0.3, -0.25) is 4.72 Å². The molecule has 0 aliphatic rings. The van der Waals surface area contributed by atoms with E-state index in [2.05, 4.69) is 27.2 Å². The van der Waals surface area contributed by atoms with Crippen molar-refractivity contribution in [3.05, 3.63) is 78.5 Å². The van der Waals surface area contributed by atoms with E-state index in [9.17, 15) is 8.42 Å². The maximum Gasteiger partial charge on any atom is 0.263 e. The lowest BCUT2D eigenvalue weighted by Gasteiger charge is -2.10. The smallest absolute Gasteiger partial charge is 0.263 e. The van der Waals surface area contributed by atoms with Crippen LogP contribution in [0, 0.1) is 0 Å². The molecule has 0 spiro atoms. The van der Waals surface area contributed by atoms with Gasteiger partial charge in [0.15, 0.2) is 0 Å². The van der Waals surface area contributed by atoms with Gasteiger partial charge in [-0.1, -0.05) is 30.3 Å². The van der Waals surface area contributed by atoms with E-state index in [0.717, 1.165) is 18.7 Å². The zero-order valence-electron chi connectivity index (χ0n) is 14.9. The summed E-state index contributed by atoms with van der Waals surface area (Å²) in [7, 11) is -2.16. The van der Waals surface area contributed by atoms with Gasteiger partial charge in [0.05, 0.1) is 23.9 Å². The van der Waals surface area contributed by atoms with Gasteiger partial charge in [0.25, 0.3) is 10.0 Å². The fourth-order valence-electron chi connectivity index (χ4n) is 2.51. The Balaban J connectivity index is 1.57. The second kappa shape index (κ2) is 8.55. The topological polar surface area (TPSA) is 80.3 Å². The van der Waals surface area contributed by atoms with Gasteiger partial charge in [-0.15, -0.1) is 0 Å². The van der Waals surface area contributed by atoms with Crippen LogP contribution < -0.4 is 14.8 Å². The number of aromatic nitrogens is 1. The molecule has 3 aromatic rings. The Kier molecular flexibility index (Phi) is 5.93. The van der Waals surface area contributed by atoms with Crippen molar-refractivity contribution in [1.82, 2.24) is 4.98 Å². The maximum absolute atomic E-state index is 12.4. The highest BCUT2D eigenvalue weighted by atomic mass is 32.2. The number of hydrogen-bond donors (Lipinski definition) is 2. The Morgan fingerprint density at radius 3 is 2.33 bits per heavy atom. The molecule has 140 valence electrons. The molecule has 0 fully saturated rings. The summed E-state index contributed by atoms with van der Waals surface area (Å²) in [6.45, 7) is 0.766. The van der Waals surface area contributed by atoms with E-state index in [0.29, 0.717) is 5.75 Å². The van der Waals surface area contributed by atoms with E-state index in [4.69, 9.17) is 4.74 Å². The highest BCUT2D eigenvalue weighted by Crippen LogP contribution is 2.19. The Bertz CT molecular complexity index is 958. The molecule has 3 rings (SSSR count). The number of rotatable bonds is 8. The van der Waals surface area contributed by atoms with Crippen LogP contribution in [-0.2, 0) is 16.4 Å². The predicted molar refractivity (Wildman–Crippen MR) is 107 cm³/mol. The zero-order chi connectivity index (χ0) is 19.1. The van der Waals surface area contributed by atoms with Gasteiger partial charge in [0.1, 0.15) is 11.6 Å². The van der Waals surface area contributed by atoms with Gasteiger partial charge in [0.2, 0.25) is 0 Å². The minimum Gasteiger partial charge on any atom is -0.497 e. The molecule has 27 heavy (non-hydrogen) atoms. The average molecular weight is 383 g/mol. The third kappa shape index (κ3) is 5.21. The van der Waals surface area contributed by atoms with Gasteiger partial charge in [-0.25, -0.2) is 13.4 Å². The molecule has 1 aromatic heterocycles. The minimum absolute atomic E-state index is 0.148. The standard InChI is InChI=1S/C20H21N3O3S/c1-26-18-8-10-19(11-9-18)27(24,25)23-20-12-7-17(15-22-20)21-14-13-16-5-3-2-4-6-16/h2-12,15,21H,13-14H2,1H3,(H,22,23). The van der Waals surface area contributed by atoms with Gasteiger partial charge in [-0.2, -0.15) is 0 Å². The Hall–Kier alpha value is -3.06. The van der Waals surface area contributed by atoms with E-state index in [1.165, 1.54) is 24.8 Å². The number of hydrogen-bond acceptors (Lipinski definition) is 5. The fraction of sp³-hybridized carbons (Fsp3) is 0.150. The molecule has 1 heterocycles. The van der Waals surface area contributed by atoms with E-state index in [1.807, 2.05) is 18.2 Å². The summed E-state index contributed by atoms with van der Waals surface area (Å²) in [5, 5.41) is 3.27. The highest BCUT2D eigenvalue weighted by Gasteiger charge is 2.14. The molecule has 6 nitrogen and oxygen atoms in total. The molecule has 7 heteroatoms. The summed E-state index contributed by atoms with van der Waals surface area (Å²) in [5.74, 6) is 0.859. The number of ether oxygens (including phenoxy) is 1. The van der Waals surface area contributed by atoms with Crippen LogP contribution in [0.4, 0.5) is 11.5 Å². The molecule has 0 aliphatic carbocycles. The fourth-order valence-corrected chi connectivity index (χ4v) is 3.51. The molecule has 0 amide bonds. The van der Waals surface area contributed by atoms with Crippen molar-refractivity contribution in [2.75, 3.05) is 23.7 Å². The summed E-state index contributed by atoms with van der Waals surface area (Å²) in [4.78, 5) is 4.32. The van der Waals surface area contributed by atoms with Crippen LogP contribution in [0.3, 0.4) is 0 Å². The second-order valence-corrected chi connectivity index (χ2v) is 7.56. The molecular formula is C20H21N3O3S. The third-order valence-electron chi connectivity index (χ3n) is 3.96. The highest BCUT2D eigenvalue weighted by molar-refractivity contribution is 7.92. The van der Waals surface area contributed by atoms with Crippen LogP contribution in [0.5, 0.6) is 5.75 Å². The van der Waals surface area contributed by atoms with Gasteiger partial charge in [0, 0.05) is 6.54 Å². The minimum atomic E-state index is -3.69. The molecule has 2 N–H and O–H groups in total. The first-order valence-corrected chi connectivity index (χ1v) is 9.96. The van der Waals surface area contributed by atoms with Crippen molar-refractivity contribution in [2.45, 2.75) is 11.3 Å². The largest absolute Gasteiger partial charge is 0.497 e. The number of nitrogens with one attached hydrogen (secondary N) is 2. The van der Waals surface area contributed by atoms with Crippen molar-refractivity contribution in [3.8, 4) is 5.75 Å². The van der Waals surface area contributed by atoms with Crippen molar-refractivity contribution < 1.29 is 13.2 Å². The molecule has 0 saturated carbocycles. The third-order valence-corrected chi connectivity index (χ3v) is 5.33. The van der Waals surface area contributed by atoms with Crippen molar-refractivity contribution in [1.29, 1.82) is 0 Å². The first-order chi connectivity index (χ1) is 13.1. The summed E-state index contributed by atoms with van der Waals surface area (Å²) in [6, 6.07) is 19.8. The lowest BCUT2D eigenvalue weighted by Crippen LogP contribution is -2.14. The lowest BCUT2D eigenvalue weighted by molar-refractivity contribution is 0.414. The quantitative estimate of drug-likeness (QED) is 0.622. The Labute approximate surface area is 159 Å². The molecule has 0 bridgehead atoms. The van der Waals surface area contributed by atoms with Crippen LogP contribution in [0.15, 0.2) is 77.8 Å². The van der Waals surface area contributed by atoms with E-state index >= 15 is 0 Å². The Morgan fingerprint density at radius 2 is 1.70 bits per heavy atom. The summed E-state index contributed by atoms with van der Waals surface area (Å²) in [5.41, 5.74) is 2.08. The van der Waals surface area contributed by atoms with Crippen LogP contribution in [0.2, 0.25) is 0 Å². The summed E-state index contributed by atoms with van der Waals surface area (Å²) in [6.07, 6.45) is 2.50. The van der Waals surface area contributed by atoms with Gasteiger partial charge in [-0.05, 0) is 48.4 Å². The van der Waals surface area contributed by atoms with E-state index in [-0.39, 0.29) is 10.7 Å². The lowest BCUT2D eigenvalue weighted by atomic mass is 10.1. The number of sulfonamides is 1. The molecule has 0 atom stereocenters. The Morgan fingerprint density at radius 1 is 0.963 bits per heavy atom. The number of benzene rings is 2. The molecule has 0 aliphatic heterocycles. The van der Waals surface area contributed by atoms with E-state index in [1.54, 1.807) is 30.5 Å². The van der Waals surface area contributed by atoms with Crippen molar-refractivity contribution >= 4 is 21.5 Å². The number of methoxy groups -OCH3 is 1. The summed E-state index contributed by atoms with van der Waals surface area (Å²) < 4.78 is 32.3. The maximum atomic E-state index is 12.4. The first-order valence-electron chi connectivity index (χ1n) is 8.47. The second-order valence-electron chi connectivity index (χ2n) is 5.88. The first kappa shape index (κ1) is 18.7. The average Bonchev–Trinajstić information content (AvgIpc) is 2.70. The van der Waals surface area contributed by atoms with Crippen LogP contribution in [0.1, 0.15) is 5.56 Å². The van der Waals surface area contributed by atoms with Gasteiger partial charge < -0.3 is 10.1 Å². The number of pyridine rings is 1. The number of nitrogens with zero attached hydrogens (tertiary/aromatic N) is 1. The predicted octanol–water partition coefficient (Wildman–Crippen LogP) is 3.55. The molecule has 0 radical (unpaired) electrons. The zero-order valence-corrected chi connectivity index (χ0v) is 15.7. The molecule has 0 unspecified atom stereocenters. The van der Waals surface area contributed by atoms with Crippen molar-refractivity contribution in [2.24, 2.45) is 0 Å². The van der Waals surface area contributed by atoms with Crippen LogP contribution >= 0.6 is 0 Å². The SMILES string of the molecule is COc1ccc(S(=O)(=O)Nc2ccc(NCCc3ccccc3)cn2)cc1. The number of anilines is 2. The van der Waals surface area contributed by atoms with Gasteiger partial charge >= 0.3 is 0 Å². The molecule has 0 saturated heterocycles. The van der Waals surface area contributed by atoms with Crippen LogP contribution in [0.25, 0.3) is 0 Å². The van der Waals surface area contributed by atoms with E-state index < -0.39 is 10.0 Å². The molecule has 2 aromatic carbocycles. The monoisotopic (exact) mass is 383 g/mol. The van der Waals surface area contributed by atoms with Crippen LogP contribution in [-0.4, -0.2) is 27.1 Å². The normalized spacial score (nSPS) is 11.0.